The molecule has 0 spiro atoms. The summed E-state index contributed by atoms with van der Waals surface area (Å²) in [4.78, 5) is 12.8. The van der Waals surface area contributed by atoms with Gasteiger partial charge in [0.25, 0.3) is 0 Å². The van der Waals surface area contributed by atoms with Gasteiger partial charge in [0.2, 0.25) is 5.95 Å². The standard InChI is InChI=1S/C11H18N4O/c1-3-8-13-9(15-10(12)14-8)11(16-2)6-4-5-7-11/h3-7H2,1-2H3,(H2,12,13,14,15). The van der Waals surface area contributed by atoms with Crippen molar-refractivity contribution in [3.8, 4) is 0 Å². The summed E-state index contributed by atoms with van der Waals surface area (Å²) in [5.41, 5.74) is 5.37. The summed E-state index contributed by atoms with van der Waals surface area (Å²) in [5.74, 6) is 1.74. The van der Waals surface area contributed by atoms with Crippen LogP contribution in [0.5, 0.6) is 0 Å². The van der Waals surface area contributed by atoms with Crippen molar-refractivity contribution in [3.05, 3.63) is 11.6 Å². The highest BCUT2D eigenvalue weighted by molar-refractivity contribution is 5.19. The maximum atomic E-state index is 5.70. The fourth-order valence-corrected chi connectivity index (χ4v) is 2.26. The van der Waals surface area contributed by atoms with Crippen molar-refractivity contribution >= 4 is 5.95 Å². The Morgan fingerprint density at radius 3 is 2.50 bits per heavy atom. The second-order valence-corrected chi connectivity index (χ2v) is 4.19. The predicted molar refractivity (Wildman–Crippen MR) is 60.8 cm³/mol. The van der Waals surface area contributed by atoms with Crippen molar-refractivity contribution in [2.75, 3.05) is 12.8 Å². The van der Waals surface area contributed by atoms with Gasteiger partial charge in [-0.25, -0.2) is 4.98 Å². The third kappa shape index (κ3) is 1.87. The van der Waals surface area contributed by atoms with Crippen LogP contribution in [0.25, 0.3) is 0 Å². The zero-order valence-electron chi connectivity index (χ0n) is 9.86. The van der Waals surface area contributed by atoms with Crippen molar-refractivity contribution in [2.45, 2.75) is 44.6 Å². The number of methoxy groups -OCH3 is 1. The molecule has 0 unspecified atom stereocenters. The molecule has 0 radical (unpaired) electrons. The van der Waals surface area contributed by atoms with Gasteiger partial charge in [-0.2, -0.15) is 9.97 Å². The van der Waals surface area contributed by atoms with Crippen molar-refractivity contribution in [2.24, 2.45) is 0 Å². The van der Waals surface area contributed by atoms with Crippen LogP contribution >= 0.6 is 0 Å². The zero-order chi connectivity index (χ0) is 11.6. The number of ether oxygens (including phenoxy) is 1. The first-order valence-electron chi connectivity index (χ1n) is 5.76. The third-order valence-electron chi connectivity index (χ3n) is 3.22. The maximum absolute atomic E-state index is 5.70. The lowest BCUT2D eigenvalue weighted by atomic mass is 10.0. The van der Waals surface area contributed by atoms with Crippen molar-refractivity contribution in [1.82, 2.24) is 15.0 Å². The van der Waals surface area contributed by atoms with Gasteiger partial charge < -0.3 is 10.5 Å². The summed E-state index contributed by atoms with van der Waals surface area (Å²) in [6, 6.07) is 0. The van der Waals surface area contributed by atoms with E-state index in [4.69, 9.17) is 10.5 Å². The van der Waals surface area contributed by atoms with Gasteiger partial charge >= 0.3 is 0 Å². The van der Waals surface area contributed by atoms with Gasteiger partial charge in [-0.05, 0) is 25.7 Å². The van der Waals surface area contributed by atoms with Crippen LogP contribution < -0.4 is 5.73 Å². The third-order valence-corrected chi connectivity index (χ3v) is 3.22. The number of hydrogen-bond donors (Lipinski definition) is 1. The van der Waals surface area contributed by atoms with Crippen LogP contribution in [0, 0.1) is 0 Å². The van der Waals surface area contributed by atoms with E-state index in [1.54, 1.807) is 7.11 Å². The Morgan fingerprint density at radius 2 is 1.94 bits per heavy atom. The zero-order valence-corrected chi connectivity index (χ0v) is 9.86. The number of nitrogens with zero attached hydrogens (tertiary/aromatic N) is 3. The smallest absolute Gasteiger partial charge is 0.223 e. The van der Waals surface area contributed by atoms with Gasteiger partial charge in [0.1, 0.15) is 11.4 Å². The molecule has 1 saturated carbocycles. The molecule has 5 heteroatoms. The molecule has 1 heterocycles. The monoisotopic (exact) mass is 222 g/mol. The number of rotatable bonds is 3. The first-order chi connectivity index (χ1) is 7.70. The molecule has 0 aliphatic heterocycles. The Hall–Kier alpha value is -1.23. The number of aromatic nitrogens is 3. The molecule has 1 aromatic rings. The molecular formula is C11H18N4O. The Bertz CT molecular complexity index is 374. The van der Waals surface area contributed by atoms with Crippen LogP contribution in [0.15, 0.2) is 0 Å². The molecule has 88 valence electrons. The summed E-state index contributed by atoms with van der Waals surface area (Å²) in [5, 5.41) is 0. The molecule has 0 amide bonds. The second-order valence-electron chi connectivity index (χ2n) is 4.19. The lowest BCUT2D eigenvalue weighted by Crippen LogP contribution is -2.28. The maximum Gasteiger partial charge on any atom is 0.223 e. The predicted octanol–water partition coefficient (Wildman–Crippen LogP) is 1.43. The summed E-state index contributed by atoms with van der Waals surface area (Å²) >= 11 is 0. The van der Waals surface area contributed by atoms with Gasteiger partial charge in [0.15, 0.2) is 5.82 Å². The first kappa shape index (κ1) is 11.3. The minimum absolute atomic E-state index is 0.296. The molecule has 5 nitrogen and oxygen atoms in total. The largest absolute Gasteiger partial charge is 0.370 e. The van der Waals surface area contributed by atoms with E-state index in [1.807, 2.05) is 6.92 Å². The van der Waals surface area contributed by atoms with E-state index in [1.165, 1.54) is 0 Å². The Labute approximate surface area is 95.5 Å². The number of nitrogens with two attached hydrogens (primary N) is 1. The van der Waals surface area contributed by atoms with E-state index in [0.717, 1.165) is 37.9 Å². The minimum Gasteiger partial charge on any atom is -0.370 e. The first-order valence-corrected chi connectivity index (χ1v) is 5.76. The van der Waals surface area contributed by atoms with Crippen LogP contribution in [-0.2, 0) is 16.8 Å². The molecule has 0 aromatic carbocycles. The van der Waals surface area contributed by atoms with Crippen LogP contribution in [0.1, 0.15) is 44.3 Å². The Kier molecular flexibility index (Phi) is 3.05. The van der Waals surface area contributed by atoms with Crippen LogP contribution in [-0.4, -0.2) is 22.1 Å². The Balaban J connectivity index is 2.41. The molecule has 1 aliphatic carbocycles. The van der Waals surface area contributed by atoms with Crippen LogP contribution in [0.2, 0.25) is 0 Å². The highest BCUT2D eigenvalue weighted by atomic mass is 16.5. The van der Waals surface area contributed by atoms with Gasteiger partial charge in [0.05, 0.1) is 0 Å². The van der Waals surface area contributed by atoms with E-state index in [2.05, 4.69) is 15.0 Å². The lowest BCUT2D eigenvalue weighted by Gasteiger charge is -2.25. The van der Waals surface area contributed by atoms with Gasteiger partial charge in [-0.3, -0.25) is 0 Å². The molecule has 0 atom stereocenters. The molecule has 1 fully saturated rings. The molecule has 2 rings (SSSR count). The highest BCUT2D eigenvalue weighted by Gasteiger charge is 2.39. The van der Waals surface area contributed by atoms with E-state index < -0.39 is 0 Å². The minimum atomic E-state index is -0.332. The summed E-state index contributed by atoms with van der Waals surface area (Å²) in [7, 11) is 1.72. The number of hydrogen-bond acceptors (Lipinski definition) is 5. The molecule has 1 aliphatic rings. The van der Waals surface area contributed by atoms with Crippen LogP contribution in [0.3, 0.4) is 0 Å². The summed E-state index contributed by atoms with van der Waals surface area (Å²) in [6.45, 7) is 2.01. The van der Waals surface area contributed by atoms with E-state index >= 15 is 0 Å². The lowest BCUT2D eigenvalue weighted by molar-refractivity contribution is -0.0165. The fourth-order valence-electron chi connectivity index (χ4n) is 2.26. The van der Waals surface area contributed by atoms with Crippen molar-refractivity contribution in [3.63, 3.8) is 0 Å². The second kappa shape index (κ2) is 4.33. The SMILES string of the molecule is CCc1nc(N)nc(C2(OC)CCCC2)n1. The van der Waals surface area contributed by atoms with E-state index in [0.29, 0.717) is 11.8 Å². The molecular weight excluding hydrogens is 204 g/mol. The molecule has 2 N–H and O–H groups in total. The quantitative estimate of drug-likeness (QED) is 0.837. The summed E-state index contributed by atoms with van der Waals surface area (Å²) < 4.78 is 5.63. The number of aryl methyl sites for hydroxylation is 1. The van der Waals surface area contributed by atoms with Gasteiger partial charge in [-0.15, -0.1) is 0 Å². The number of nitrogen functional groups attached to an aromatic ring is 1. The van der Waals surface area contributed by atoms with E-state index in [9.17, 15) is 0 Å². The summed E-state index contributed by atoms with van der Waals surface area (Å²) in [6.07, 6.45) is 5.01. The number of anilines is 1. The average molecular weight is 222 g/mol. The normalized spacial score (nSPS) is 18.9. The van der Waals surface area contributed by atoms with Crippen LogP contribution in [0.4, 0.5) is 5.95 Å². The highest BCUT2D eigenvalue weighted by Crippen LogP contribution is 2.39. The van der Waals surface area contributed by atoms with Crippen molar-refractivity contribution < 1.29 is 4.74 Å². The van der Waals surface area contributed by atoms with Crippen molar-refractivity contribution in [1.29, 1.82) is 0 Å². The van der Waals surface area contributed by atoms with Gasteiger partial charge in [-0.1, -0.05) is 6.92 Å². The Morgan fingerprint density at radius 1 is 1.25 bits per heavy atom. The average Bonchev–Trinajstić information content (AvgIpc) is 2.78. The molecule has 0 saturated heterocycles. The molecule has 16 heavy (non-hydrogen) atoms. The fraction of sp³-hybridized carbons (Fsp3) is 0.727. The molecule has 0 bridgehead atoms. The molecule has 1 aromatic heterocycles. The topological polar surface area (TPSA) is 73.9 Å². The van der Waals surface area contributed by atoms with Gasteiger partial charge in [0, 0.05) is 13.5 Å². The van der Waals surface area contributed by atoms with E-state index in [-0.39, 0.29) is 5.60 Å².